The highest BCUT2D eigenvalue weighted by atomic mass is 14.9. The lowest BCUT2D eigenvalue weighted by molar-refractivity contribution is 0.612. The Balaban J connectivity index is 1.96. The molecule has 1 aromatic heterocycles. The van der Waals surface area contributed by atoms with Crippen molar-refractivity contribution in [3.8, 4) is 11.3 Å². The molecule has 1 unspecified atom stereocenters. The smallest absolute Gasteiger partial charge is 0.0922 e. The van der Waals surface area contributed by atoms with E-state index >= 15 is 0 Å². The van der Waals surface area contributed by atoms with Crippen LogP contribution in [-0.2, 0) is 6.42 Å². The van der Waals surface area contributed by atoms with Crippen molar-refractivity contribution in [3.63, 3.8) is 0 Å². The molecule has 2 aliphatic rings. The summed E-state index contributed by atoms with van der Waals surface area (Å²) in [5.41, 5.74) is 7.48. The van der Waals surface area contributed by atoms with Crippen LogP contribution in [0.4, 0.5) is 5.69 Å². The Hall–Kier alpha value is -2.42. The molecule has 0 amide bonds. The van der Waals surface area contributed by atoms with Gasteiger partial charge in [-0.1, -0.05) is 31.2 Å². The van der Waals surface area contributed by atoms with Crippen molar-refractivity contribution in [1.29, 1.82) is 0 Å². The number of nitrogens with one attached hydrogen (secondary N) is 1. The average Bonchev–Trinajstić information content (AvgIpc) is 2.53. The van der Waals surface area contributed by atoms with Crippen LogP contribution in [0.1, 0.15) is 18.2 Å². The number of nitrogens with zero attached hydrogens (tertiary/aromatic N) is 2. The molecule has 5 rings (SSSR count). The Labute approximate surface area is 130 Å². The predicted molar refractivity (Wildman–Crippen MR) is 91.1 cm³/mol. The first-order valence-corrected chi connectivity index (χ1v) is 7.80. The van der Waals surface area contributed by atoms with Gasteiger partial charge in [0.25, 0.3) is 0 Å². The van der Waals surface area contributed by atoms with Crippen LogP contribution in [0, 0.1) is 12.8 Å². The van der Waals surface area contributed by atoms with Gasteiger partial charge in [-0.15, -0.1) is 0 Å². The fraction of sp³-hybridized carbons (Fsp3) is 0.263. The number of hydrogen-bond donors (Lipinski definition) is 1. The van der Waals surface area contributed by atoms with Crippen molar-refractivity contribution in [3.05, 3.63) is 53.7 Å². The number of benzene rings is 2. The fourth-order valence-corrected chi connectivity index (χ4v) is 3.09. The predicted octanol–water partition coefficient (Wildman–Crippen LogP) is 4.21. The highest BCUT2D eigenvalue weighted by Crippen LogP contribution is 2.26. The number of anilines is 1. The summed E-state index contributed by atoms with van der Waals surface area (Å²) in [7, 11) is 0. The quantitative estimate of drug-likeness (QED) is 0.673. The largest absolute Gasteiger partial charge is 0.385 e. The molecule has 3 heterocycles. The molecule has 2 aliphatic heterocycles. The summed E-state index contributed by atoms with van der Waals surface area (Å²) in [6.45, 7) is 5.27. The maximum absolute atomic E-state index is 4.85. The maximum Gasteiger partial charge on any atom is 0.0922 e. The molecule has 22 heavy (non-hydrogen) atoms. The molecule has 0 aliphatic carbocycles. The van der Waals surface area contributed by atoms with Crippen molar-refractivity contribution in [1.82, 2.24) is 9.97 Å². The molecule has 3 nitrogen and oxygen atoms in total. The first-order chi connectivity index (χ1) is 10.7. The summed E-state index contributed by atoms with van der Waals surface area (Å²) in [4.78, 5) is 9.57. The van der Waals surface area contributed by atoms with Crippen LogP contribution >= 0.6 is 0 Å². The molecule has 5 bridgehead atoms. The monoisotopic (exact) mass is 289 g/mol. The van der Waals surface area contributed by atoms with E-state index in [1.807, 2.05) is 13.0 Å². The van der Waals surface area contributed by atoms with E-state index in [-0.39, 0.29) is 0 Å². The Bertz CT molecular complexity index is 837. The second kappa shape index (κ2) is 5.09. The van der Waals surface area contributed by atoms with Gasteiger partial charge in [-0.2, -0.15) is 0 Å². The zero-order chi connectivity index (χ0) is 15.1. The lowest BCUT2D eigenvalue weighted by Gasteiger charge is -2.13. The van der Waals surface area contributed by atoms with Gasteiger partial charge in [0.2, 0.25) is 0 Å². The Morgan fingerprint density at radius 3 is 2.64 bits per heavy atom. The van der Waals surface area contributed by atoms with E-state index < -0.39 is 0 Å². The van der Waals surface area contributed by atoms with Gasteiger partial charge in [0, 0.05) is 17.8 Å². The molecule has 1 N–H and O–H groups in total. The molecule has 110 valence electrons. The molecular formula is C19H19N3. The van der Waals surface area contributed by atoms with Crippen LogP contribution < -0.4 is 5.32 Å². The Kier molecular flexibility index (Phi) is 3.07. The standard InChI is InChI=1S/C19H19N3/c1-12-9-14-3-5-15(6-4-14)19-13(2)21-17-8-7-16(20-11-12)10-18(17)22-19/h3-8,10,12,20H,9,11H2,1-2H3. The Morgan fingerprint density at radius 1 is 1.00 bits per heavy atom. The summed E-state index contributed by atoms with van der Waals surface area (Å²) >= 11 is 0. The molecule has 0 saturated carbocycles. The van der Waals surface area contributed by atoms with Crippen LogP contribution in [0.3, 0.4) is 0 Å². The fourth-order valence-electron chi connectivity index (χ4n) is 3.09. The first kappa shape index (κ1) is 13.3. The van der Waals surface area contributed by atoms with E-state index in [1.165, 1.54) is 5.56 Å². The normalized spacial score (nSPS) is 17.1. The van der Waals surface area contributed by atoms with Crippen LogP contribution in [0.5, 0.6) is 0 Å². The number of fused-ring (bicyclic) bond motifs is 5. The molecular weight excluding hydrogens is 270 g/mol. The van der Waals surface area contributed by atoms with Crippen molar-refractivity contribution < 1.29 is 0 Å². The highest BCUT2D eigenvalue weighted by molar-refractivity contribution is 5.81. The van der Waals surface area contributed by atoms with E-state index in [0.717, 1.165) is 46.6 Å². The third-order valence-electron chi connectivity index (χ3n) is 4.30. The molecule has 0 radical (unpaired) electrons. The summed E-state index contributed by atoms with van der Waals surface area (Å²) < 4.78 is 0. The van der Waals surface area contributed by atoms with Gasteiger partial charge in [-0.05, 0) is 43.0 Å². The van der Waals surface area contributed by atoms with Gasteiger partial charge in [-0.25, -0.2) is 9.97 Å². The lowest BCUT2D eigenvalue weighted by Crippen LogP contribution is -2.13. The summed E-state index contributed by atoms with van der Waals surface area (Å²) in [5, 5.41) is 3.52. The zero-order valence-electron chi connectivity index (χ0n) is 12.9. The molecule has 3 aromatic rings. The van der Waals surface area contributed by atoms with Crippen LogP contribution in [0.25, 0.3) is 22.3 Å². The number of rotatable bonds is 0. The molecule has 1 atom stereocenters. The second-order valence-corrected chi connectivity index (χ2v) is 6.25. The maximum atomic E-state index is 4.85. The second-order valence-electron chi connectivity index (χ2n) is 6.25. The van der Waals surface area contributed by atoms with E-state index in [1.54, 1.807) is 0 Å². The summed E-state index contributed by atoms with van der Waals surface area (Å²) in [6.07, 6.45) is 1.08. The van der Waals surface area contributed by atoms with Gasteiger partial charge >= 0.3 is 0 Å². The molecule has 3 heteroatoms. The van der Waals surface area contributed by atoms with E-state index in [4.69, 9.17) is 9.97 Å². The van der Waals surface area contributed by atoms with E-state index in [0.29, 0.717) is 5.92 Å². The highest BCUT2D eigenvalue weighted by Gasteiger charge is 2.11. The zero-order valence-corrected chi connectivity index (χ0v) is 12.9. The average molecular weight is 289 g/mol. The van der Waals surface area contributed by atoms with Crippen molar-refractivity contribution in [2.45, 2.75) is 20.3 Å². The summed E-state index contributed by atoms with van der Waals surface area (Å²) in [5.74, 6) is 0.582. The van der Waals surface area contributed by atoms with Crippen LogP contribution in [-0.4, -0.2) is 16.5 Å². The van der Waals surface area contributed by atoms with Gasteiger partial charge in [0.05, 0.1) is 22.4 Å². The minimum absolute atomic E-state index is 0.582. The third-order valence-corrected chi connectivity index (χ3v) is 4.30. The van der Waals surface area contributed by atoms with Crippen molar-refractivity contribution >= 4 is 16.7 Å². The third kappa shape index (κ3) is 2.33. The minimum atomic E-state index is 0.582. The van der Waals surface area contributed by atoms with Gasteiger partial charge in [0.15, 0.2) is 0 Å². The number of hydrogen-bond acceptors (Lipinski definition) is 3. The summed E-state index contributed by atoms with van der Waals surface area (Å²) in [6, 6.07) is 15.0. The SMILES string of the molecule is Cc1nc2ccc3cc2nc1-c1ccc(cc1)CC(C)CN3. The lowest BCUT2D eigenvalue weighted by atomic mass is 9.99. The molecule has 2 aromatic carbocycles. The Morgan fingerprint density at radius 2 is 1.82 bits per heavy atom. The van der Waals surface area contributed by atoms with Crippen LogP contribution in [0.2, 0.25) is 0 Å². The minimum Gasteiger partial charge on any atom is -0.385 e. The van der Waals surface area contributed by atoms with Crippen molar-refractivity contribution in [2.24, 2.45) is 5.92 Å². The van der Waals surface area contributed by atoms with E-state index in [2.05, 4.69) is 48.6 Å². The number of aryl methyl sites for hydroxylation is 1. The molecule has 0 saturated heterocycles. The topological polar surface area (TPSA) is 37.8 Å². The van der Waals surface area contributed by atoms with E-state index in [9.17, 15) is 0 Å². The molecule has 0 fully saturated rings. The van der Waals surface area contributed by atoms with Gasteiger partial charge in [-0.3, -0.25) is 0 Å². The van der Waals surface area contributed by atoms with Crippen molar-refractivity contribution in [2.75, 3.05) is 11.9 Å². The van der Waals surface area contributed by atoms with Crippen LogP contribution in [0.15, 0.2) is 42.5 Å². The van der Waals surface area contributed by atoms with Gasteiger partial charge in [0.1, 0.15) is 0 Å². The number of aromatic nitrogens is 2. The molecule has 0 spiro atoms. The first-order valence-electron chi connectivity index (χ1n) is 7.80. The van der Waals surface area contributed by atoms with Gasteiger partial charge < -0.3 is 5.32 Å².